The summed E-state index contributed by atoms with van der Waals surface area (Å²) >= 11 is 0. The van der Waals surface area contributed by atoms with Gasteiger partial charge < -0.3 is 5.32 Å². The number of nitrogens with zero attached hydrogens (tertiary/aromatic N) is 1. The van der Waals surface area contributed by atoms with Gasteiger partial charge in [-0.05, 0) is 56.3 Å². The molecule has 2 fully saturated rings. The van der Waals surface area contributed by atoms with Crippen molar-refractivity contribution < 1.29 is 0 Å². The number of rotatable bonds is 9. The zero-order valence-electron chi connectivity index (χ0n) is 19.4. The summed E-state index contributed by atoms with van der Waals surface area (Å²) in [6.45, 7) is 20.4. The minimum absolute atomic E-state index is 0.175. The van der Waals surface area contributed by atoms with Crippen LogP contribution in [0.1, 0.15) is 76.3 Å². The molecule has 0 amide bonds. The molecule has 30 heavy (non-hydrogen) atoms. The lowest BCUT2D eigenvalue weighted by atomic mass is 9.77. The van der Waals surface area contributed by atoms with Crippen molar-refractivity contribution in [3.63, 3.8) is 0 Å². The molecule has 1 saturated heterocycles. The molecule has 0 spiro atoms. The van der Waals surface area contributed by atoms with Crippen LogP contribution in [-0.2, 0) is 6.54 Å². The fraction of sp³-hybridized carbons (Fsp3) is 0.571. The highest BCUT2D eigenvalue weighted by molar-refractivity contribution is 5.61. The van der Waals surface area contributed by atoms with Crippen LogP contribution < -0.4 is 5.32 Å². The minimum atomic E-state index is 0.175. The van der Waals surface area contributed by atoms with Crippen LogP contribution in [0.2, 0.25) is 0 Å². The maximum Gasteiger partial charge on any atom is 0.0441 e. The van der Waals surface area contributed by atoms with E-state index in [2.05, 4.69) is 74.1 Å². The predicted molar refractivity (Wildman–Crippen MR) is 131 cm³/mol. The molecule has 1 unspecified atom stereocenters. The third-order valence-electron chi connectivity index (χ3n) is 7.50. The molecule has 2 aliphatic rings. The summed E-state index contributed by atoms with van der Waals surface area (Å²) in [7, 11) is 0. The minimum Gasteiger partial charge on any atom is -0.382 e. The summed E-state index contributed by atoms with van der Waals surface area (Å²) in [4.78, 5) is 2.58. The lowest BCUT2D eigenvalue weighted by molar-refractivity contribution is 0.132. The Labute approximate surface area is 185 Å². The topological polar surface area (TPSA) is 15.3 Å². The number of benzene rings is 1. The standard InChI is InChI=1S/C28H42N2/c1-6-27(20-24-10-8-7-9-11-24)29-23(4)28(5)16-18-30(19-17-28)21-25-12-14-26(15-13-25)22(2)3/h6,12-15,24,27,29H,1-2,4,7-11,16-21H2,3,5H3. The summed E-state index contributed by atoms with van der Waals surface area (Å²) in [6.07, 6.45) is 12.6. The van der Waals surface area contributed by atoms with E-state index in [1.54, 1.807) is 0 Å². The lowest BCUT2D eigenvalue weighted by Crippen LogP contribution is -2.43. The zero-order chi connectivity index (χ0) is 21.6. The first-order chi connectivity index (χ1) is 14.4. The van der Waals surface area contributed by atoms with Gasteiger partial charge in [0.05, 0.1) is 0 Å². The second-order valence-electron chi connectivity index (χ2n) is 10.0. The Hall–Kier alpha value is -1.80. The van der Waals surface area contributed by atoms with Crippen LogP contribution in [0.25, 0.3) is 5.57 Å². The normalized spacial score (nSPS) is 21.0. The molecule has 0 aromatic heterocycles. The van der Waals surface area contributed by atoms with Gasteiger partial charge in [-0.25, -0.2) is 0 Å². The summed E-state index contributed by atoms with van der Waals surface area (Å²) in [5, 5.41) is 3.77. The van der Waals surface area contributed by atoms with Crippen LogP contribution in [0.3, 0.4) is 0 Å². The van der Waals surface area contributed by atoms with Gasteiger partial charge in [-0.15, -0.1) is 6.58 Å². The van der Waals surface area contributed by atoms with E-state index in [9.17, 15) is 0 Å². The van der Waals surface area contributed by atoms with E-state index < -0.39 is 0 Å². The number of piperidine rings is 1. The van der Waals surface area contributed by atoms with Gasteiger partial charge in [0.2, 0.25) is 0 Å². The fourth-order valence-electron chi connectivity index (χ4n) is 5.05. The molecule has 1 atom stereocenters. The third-order valence-corrected chi connectivity index (χ3v) is 7.50. The van der Waals surface area contributed by atoms with E-state index in [4.69, 9.17) is 0 Å². The summed E-state index contributed by atoms with van der Waals surface area (Å²) < 4.78 is 0. The molecule has 3 rings (SSSR count). The van der Waals surface area contributed by atoms with Crippen molar-refractivity contribution in [1.82, 2.24) is 10.2 Å². The number of nitrogens with one attached hydrogen (secondary N) is 1. The molecule has 2 heteroatoms. The molecule has 1 aromatic rings. The molecule has 1 aliphatic carbocycles. The van der Waals surface area contributed by atoms with Gasteiger partial charge in [0.25, 0.3) is 0 Å². The molecular weight excluding hydrogens is 364 g/mol. The van der Waals surface area contributed by atoms with Crippen LogP contribution in [0.15, 0.2) is 55.8 Å². The third kappa shape index (κ3) is 6.11. The van der Waals surface area contributed by atoms with Crippen LogP contribution in [-0.4, -0.2) is 24.0 Å². The van der Waals surface area contributed by atoms with Crippen molar-refractivity contribution in [2.75, 3.05) is 13.1 Å². The molecule has 164 valence electrons. The number of allylic oxidation sites excluding steroid dienone is 2. The average Bonchev–Trinajstić information content (AvgIpc) is 2.76. The molecule has 0 radical (unpaired) electrons. The zero-order valence-corrected chi connectivity index (χ0v) is 19.4. The second kappa shape index (κ2) is 10.5. The highest BCUT2D eigenvalue weighted by atomic mass is 15.1. The van der Waals surface area contributed by atoms with E-state index in [0.717, 1.165) is 44.0 Å². The fourth-order valence-corrected chi connectivity index (χ4v) is 5.05. The van der Waals surface area contributed by atoms with Gasteiger partial charge in [-0.1, -0.05) is 88.1 Å². The Kier molecular flexibility index (Phi) is 7.99. The van der Waals surface area contributed by atoms with Gasteiger partial charge in [-0.2, -0.15) is 0 Å². The molecular formula is C28H42N2. The van der Waals surface area contributed by atoms with E-state index in [-0.39, 0.29) is 5.41 Å². The highest BCUT2D eigenvalue weighted by Crippen LogP contribution is 2.37. The summed E-state index contributed by atoms with van der Waals surface area (Å²) in [5.74, 6) is 0.855. The van der Waals surface area contributed by atoms with Crippen molar-refractivity contribution in [1.29, 1.82) is 0 Å². The number of hydrogen-bond acceptors (Lipinski definition) is 2. The number of likely N-dealkylation sites (tertiary alicyclic amines) is 1. The Morgan fingerprint density at radius 2 is 1.77 bits per heavy atom. The maximum absolute atomic E-state index is 4.48. The van der Waals surface area contributed by atoms with Crippen molar-refractivity contribution in [2.45, 2.75) is 77.8 Å². The van der Waals surface area contributed by atoms with Crippen molar-refractivity contribution >= 4 is 5.57 Å². The van der Waals surface area contributed by atoms with Gasteiger partial charge in [-0.3, -0.25) is 4.90 Å². The molecule has 1 saturated carbocycles. The quantitative estimate of drug-likeness (QED) is 0.446. The largest absolute Gasteiger partial charge is 0.382 e. The Bertz CT molecular complexity index is 716. The van der Waals surface area contributed by atoms with Gasteiger partial charge in [0.15, 0.2) is 0 Å². The van der Waals surface area contributed by atoms with Crippen LogP contribution in [0.5, 0.6) is 0 Å². The SMILES string of the molecule is C=CC(CC1CCCCC1)NC(=C)C1(C)CCN(Cc2ccc(C(=C)C)cc2)CC1. The van der Waals surface area contributed by atoms with E-state index in [1.165, 1.54) is 55.3 Å². The monoisotopic (exact) mass is 406 g/mol. The maximum atomic E-state index is 4.48. The predicted octanol–water partition coefficient (Wildman–Crippen LogP) is 6.95. The molecule has 1 N–H and O–H groups in total. The van der Waals surface area contributed by atoms with Crippen molar-refractivity contribution in [3.8, 4) is 0 Å². The van der Waals surface area contributed by atoms with Crippen LogP contribution in [0.4, 0.5) is 0 Å². The molecule has 2 nitrogen and oxygen atoms in total. The molecule has 1 heterocycles. The van der Waals surface area contributed by atoms with Crippen molar-refractivity contribution in [2.24, 2.45) is 11.3 Å². The average molecular weight is 407 g/mol. The van der Waals surface area contributed by atoms with E-state index in [1.807, 2.05) is 0 Å². The lowest BCUT2D eigenvalue weighted by Gasteiger charge is -2.42. The summed E-state index contributed by atoms with van der Waals surface area (Å²) in [6, 6.07) is 9.25. The smallest absolute Gasteiger partial charge is 0.0441 e. The highest BCUT2D eigenvalue weighted by Gasteiger charge is 2.33. The molecule has 1 aliphatic heterocycles. The van der Waals surface area contributed by atoms with Crippen LogP contribution in [0, 0.1) is 11.3 Å². The van der Waals surface area contributed by atoms with Gasteiger partial charge in [0.1, 0.15) is 0 Å². The summed E-state index contributed by atoms with van der Waals surface area (Å²) in [5.41, 5.74) is 5.14. The van der Waals surface area contributed by atoms with Crippen molar-refractivity contribution in [3.05, 3.63) is 66.9 Å². The first-order valence-electron chi connectivity index (χ1n) is 12.0. The Balaban J connectivity index is 1.48. The van der Waals surface area contributed by atoms with Gasteiger partial charge >= 0.3 is 0 Å². The van der Waals surface area contributed by atoms with Crippen LogP contribution >= 0.6 is 0 Å². The first kappa shape index (κ1) is 22.9. The Morgan fingerprint density at radius 1 is 1.13 bits per heavy atom. The first-order valence-corrected chi connectivity index (χ1v) is 12.0. The molecule has 0 bridgehead atoms. The molecule has 1 aromatic carbocycles. The van der Waals surface area contributed by atoms with E-state index >= 15 is 0 Å². The Morgan fingerprint density at radius 3 is 2.33 bits per heavy atom. The van der Waals surface area contributed by atoms with E-state index in [0.29, 0.717) is 6.04 Å². The second-order valence-corrected chi connectivity index (χ2v) is 10.0. The number of hydrogen-bond donors (Lipinski definition) is 1. The van der Waals surface area contributed by atoms with Gasteiger partial charge in [0, 0.05) is 23.7 Å².